The maximum atomic E-state index is 12.9. The van der Waals surface area contributed by atoms with Crippen LogP contribution in [-0.2, 0) is 11.8 Å². The molecule has 8 nitrogen and oxygen atoms in total. The topological polar surface area (TPSA) is 102 Å². The fourth-order valence-electron chi connectivity index (χ4n) is 4.30. The number of carbonyl (C=O) groups is 1. The highest BCUT2D eigenvalue weighted by Gasteiger charge is 2.46. The van der Waals surface area contributed by atoms with E-state index in [2.05, 4.69) is 9.97 Å². The summed E-state index contributed by atoms with van der Waals surface area (Å²) in [5.41, 5.74) is 1.19. The third-order valence-corrected chi connectivity index (χ3v) is 5.65. The molecule has 1 fully saturated rings. The molecule has 4 rings (SSSR count). The van der Waals surface area contributed by atoms with E-state index in [1.54, 1.807) is 21.9 Å². The Morgan fingerprint density at radius 3 is 2.78 bits per heavy atom. The largest absolute Gasteiger partial charge is 0.348 e. The molecule has 0 aromatic carbocycles. The van der Waals surface area contributed by atoms with Gasteiger partial charge >= 0.3 is 0 Å². The zero-order valence-electron chi connectivity index (χ0n) is 15.5. The van der Waals surface area contributed by atoms with E-state index in [9.17, 15) is 14.4 Å². The summed E-state index contributed by atoms with van der Waals surface area (Å²) in [7, 11) is 3.68. The second-order valence-electron chi connectivity index (χ2n) is 7.65. The molecule has 0 bridgehead atoms. The average molecular weight is 369 g/mol. The number of aromatic amines is 2. The van der Waals surface area contributed by atoms with E-state index in [0.29, 0.717) is 31.2 Å². The Morgan fingerprint density at radius 2 is 2.04 bits per heavy atom. The fraction of sp³-hybridized carbons (Fsp3) is 0.474. The van der Waals surface area contributed by atoms with Crippen molar-refractivity contribution in [2.45, 2.75) is 31.1 Å². The van der Waals surface area contributed by atoms with Crippen molar-refractivity contribution in [3.8, 4) is 0 Å². The number of hydrogen-bond acceptors (Lipinski definition) is 5. The molecule has 1 saturated heterocycles. The number of hydrogen-bond donors (Lipinski definition) is 2. The first-order chi connectivity index (χ1) is 12.9. The molecule has 8 heteroatoms. The van der Waals surface area contributed by atoms with Crippen molar-refractivity contribution >= 4 is 11.9 Å². The standard InChI is InChI=1S/C19H23N5O3/c1-23(2)18-21-15-12(16(26)22-18)7-9-19(15)8-4-10-24(11-19)17(27)13-5-3-6-14(25)20-13/h3,5-6H,4,7-11H2,1-2H3,(H,20,25)(H,21,22,26). The summed E-state index contributed by atoms with van der Waals surface area (Å²) >= 11 is 0. The van der Waals surface area contributed by atoms with Gasteiger partial charge in [0.1, 0.15) is 5.69 Å². The van der Waals surface area contributed by atoms with E-state index in [1.807, 2.05) is 14.1 Å². The Balaban J connectivity index is 1.69. The lowest BCUT2D eigenvalue weighted by Crippen LogP contribution is -2.48. The summed E-state index contributed by atoms with van der Waals surface area (Å²) in [4.78, 5) is 50.7. The number of piperidine rings is 1. The van der Waals surface area contributed by atoms with Crippen LogP contribution < -0.4 is 16.0 Å². The Kier molecular flexibility index (Phi) is 4.13. The second-order valence-corrected chi connectivity index (χ2v) is 7.65. The zero-order valence-corrected chi connectivity index (χ0v) is 15.5. The third-order valence-electron chi connectivity index (χ3n) is 5.65. The molecule has 1 amide bonds. The molecule has 1 atom stereocenters. The molecule has 27 heavy (non-hydrogen) atoms. The minimum Gasteiger partial charge on any atom is -0.348 e. The minimum atomic E-state index is -0.294. The Morgan fingerprint density at radius 1 is 1.22 bits per heavy atom. The number of likely N-dealkylation sites (tertiary alicyclic amines) is 1. The van der Waals surface area contributed by atoms with Crippen LogP contribution in [0.25, 0.3) is 0 Å². The van der Waals surface area contributed by atoms with Gasteiger partial charge in [0.15, 0.2) is 0 Å². The van der Waals surface area contributed by atoms with Gasteiger partial charge in [-0.1, -0.05) is 6.07 Å². The molecule has 2 N–H and O–H groups in total. The van der Waals surface area contributed by atoms with E-state index in [1.165, 1.54) is 6.07 Å². The maximum absolute atomic E-state index is 12.9. The quantitative estimate of drug-likeness (QED) is 0.809. The molecule has 2 aromatic rings. The highest BCUT2D eigenvalue weighted by atomic mass is 16.2. The van der Waals surface area contributed by atoms with Crippen LogP contribution in [0.1, 0.15) is 41.0 Å². The smallest absolute Gasteiger partial charge is 0.270 e. The zero-order chi connectivity index (χ0) is 19.2. The Hall–Kier alpha value is -2.90. The monoisotopic (exact) mass is 369 g/mol. The summed E-state index contributed by atoms with van der Waals surface area (Å²) < 4.78 is 0. The van der Waals surface area contributed by atoms with E-state index in [0.717, 1.165) is 30.5 Å². The predicted molar refractivity (Wildman–Crippen MR) is 101 cm³/mol. The van der Waals surface area contributed by atoms with Gasteiger partial charge in [0.25, 0.3) is 11.5 Å². The van der Waals surface area contributed by atoms with Gasteiger partial charge < -0.3 is 14.8 Å². The van der Waals surface area contributed by atoms with Gasteiger partial charge in [0, 0.05) is 44.2 Å². The molecule has 3 heterocycles. The third kappa shape index (κ3) is 2.94. The predicted octanol–water partition coefficient (Wildman–Crippen LogP) is 0.644. The van der Waals surface area contributed by atoms with Crippen LogP contribution >= 0.6 is 0 Å². The molecule has 1 aliphatic heterocycles. The van der Waals surface area contributed by atoms with Crippen LogP contribution in [-0.4, -0.2) is 52.9 Å². The summed E-state index contributed by atoms with van der Waals surface area (Å²) in [6.45, 7) is 1.15. The van der Waals surface area contributed by atoms with Crippen LogP contribution in [0.15, 0.2) is 27.8 Å². The second kappa shape index (κ2) is 6.37. The van der Waals surface area contributed by atoms with Crippen LogP contribution in [0.4, 0.5) is 5.95 Å². The van der Waals surface area contributed by atoms with Crippen molar-refractivity contribution in [1.29, 1.82) is 0 Å². The summed E-state index contributed by atoms with van der Waals surface area (Å²) in [5.74, 6) is 0.355. The van der Waals surface area contributed by atoms with Crippen LogP contribution in [0, 0.1) is 0 Å². The number of carbonyl (C=O) groups excluding carboxylic acids is 1. The number of rotatable bonds is 2. The lowest BCUT2D eigenvalue weighted by Gasteiger charge is -2.40. The van der Waals surface area contributed by atoms with Crippen molar-refractivity contribution in [2.24, 2.45) is 0 Å². The van der Waals surface area contributed by atoms with Gasteiger partial charge in [0.2, 0.25) is 11.5 Å². The number of nitrogens with zero attached hydrogens (tertiary/aromatic N) is 3. The number of fused-ring (bicyclic) bond motifs is 2. The molecule has 0 radical (unpaired) electrons. The molecule has 2 aromatic heterocycles. The average Bonchev–Trinajstić information content (AvgIpc) is 2.99. The first-order valence-electron chi connectivity index (χ1n) is 9.19. The Labute approximate surface area is 156 Å². The fourth-order valence-corrected chi connectivity index (χ4v) is 4.30. The Bertz CT molecular complexity index is 1010. The van der Waals surface area contributed by atoms with Crippen molar-refractivity contribution in [2.75, 3.05) is 32.1 Å². The number of aromatic nitrogens is 3. The van der Waals surface area contributed by atoms with Gasteiger partial charge in [-0.15, -0.1) is 0 Å². The van der Waals surface area contributed by atoms with Gasteiger partial charge in [-0.3, -0.25) is 19.4 Å². The molecule has 1 unspecified atom stereocenters. The summed E-state index contributed by atoms with van der Waals surface area (Å²) in [6.07, 6.45) is 3.23. The minimum absolute atomic E-state index is 0.0867. The number of nitrogens with one attached hydrogen (secondary N) is 2. The molecule has 0 saturated carbocycles. The van der Waals surface area contributed by atoms with Crippen molar-refractivity contribution in [3.63, 3.8) is 0 Å². The van der Waals surface area contributed by atoms with E-state index in [4.69, 9.17) is 4.98 Å². The van der Waals surface area contributed by atoms with Gasteiger partial charge in [-0.25, -0.2) is 4.98 Å². The molecule has 142 valence electrons. The molecule has 1 spiro atoms. The van der Waals surface area contributed by atoms with E-state index < -0.39 is 0 Å². The van der Waals surface area contributed by atoms with Gasteiger partial charge in [-0.05, 0) is 31.7 Å². The highest BCUT2D eigenvalue weighted by molar-refractivity contribution is 5.92. The lowest BCUT2D eigenvalue weighted by atomic mass is 9.77. The van der Waals surface area contributed by atoms with Crippen LogP contribution in [0.3, 0.4) is 0 Å². The van der Waals surface area contributed by atoms with Gasteiger partial charge in [-0.2, -0.15) is 0 Å². The first-order valence-corrected chi connectivity index (χ1v) is 9.19. The van der Waals surface area contributed by atoms with E-state index in [-0.39, 0.29) is 22.4 Å². The number of amides is 1. The first kappa shape index (κ1) is 17.5. The molecular weight excluding hydrogens is 346 g/mol. The normalized spacial score (nSPS) is 21.3. The number of pyridine rings is 1. The lowest BCUT2D eigenvalue weighted by molar-refractivity contribution is 0.0627. The number of H-pyrrole nitrogens is 2. The van der Waals surface area contributed by atoms with Crippen molar-refractivity contribution < 1.29 is 4.79 Å². The van der Waals surface area contributed by atoms with Gasteiger partial charge in [0.05, 0.1) is 5.69 Å². The summed E-state index contributed by atoms with van der Waals surface area (Å²) in [6, 6.07) is 4.60. The number of anilines is 1. The molecule has 1 aliphatic carbocycles. The maximum Gasteiger partial charge on any atom is 0.270 e. The molecular formula is C19H23N5O3. The van der Waals surface area contributed by atoms with Crippen LogP contribution in [0.2, 0.25) is 0 Å². The molecule has 2 aliphatic rings. The van der Waals surface area contributed by atoms with Crippen molar-refractivity contribution in [3.05, 3.63) is 55.9 Å². The van der Waals surface area contributed by atoms with E-state index >= 15 is 0 Å². The highest BCUT2D eigenvalue weighted by Crippen LogP contribution is 2.43. The SMILES string of the molecule is CN(C)c1nc2c(c(=O)[nH]1)CCC21CCCN(C(=O)c2cccc(=O)[nH]2)C1. The van der Waals surface area contributed by atoms with Crippen LogP contribution in [0.5, 0.6) is 0 Å². The summed E-state index contributed by atoms with van der Waals surface area (Å²) in [5, 5.41) is 0. The van der Waals surface area contributed by atoms with Crippen molar-refractivity contribution in [1.82, 2.24) is 19.9 Å².